The molecule has 0 unspecified atom stereocenters. The molecule has 0 spiro atoms. The number of rotatable bonds is 5. The molecule has 5 nitrogen and oxygen atoms in total. The topological polar surface area (TPSA) is 46.1 Å². The van der Waals surface area contributed by atoms with E-state index in [-0.39, 0.29) is 0 Å². The van der Waals surface area contributed by atoms with Gasteiger partial charge >= 0.3 is 0 Å². The van der Waals surface area contributed by atoms with Crippen molar-refractivity contribution >= 4 is 16.7 Å². The molecule has 0 radical (unpaired) electrons. The molecule has 0 aromatic heterocycles. The number of nitrogens with one attached hydrogen (secondary N) is 1. The van der Waals surface area contributed by atoms with E-state index < -0.39 is 0 Å². The summed E-state index contributed by atoms with van der Waals surface area (Å²) in [4.78, 5) is 6.77. The molecule has 1 N–H and O–H groups in total. The fourth-order valence-corrected chi connectivity index (χ4v) is 2.87. The Hall–Kier alpha value is -2.43. The summed E-state index contributed by atoms with van der Waals surface area (Å²) in [6.45, 7) is 5.79. The molecule has 1 heterocycles. The molecular formula is C18H23N3O2. The minimum atomic E-state index is 0.752. The number of ether oxygens (including phenoxy) is 2. The van der Waals surface area contributed by atoms with E-state index in [4.69, 9.17) is 9.47 Å². The molecule has 2 aromatic rings. The minimum absolute atomic E-state index is 0.752. The van der Waals surface area contributed by atoms with Crippen LogP contribution in [0.2, 0.25) is 0 Å². The van der Waals surface area contributed by atoms with Gasteiger partial charge in [0.15, 0.2) is 17.5 Å². The van der Waals surface area contributed by atoms with Crippen LogP contribution in [0.5, 0.6) is 11.5 Å². The van der Waals surface area contributed by atoms with Crippen molar-refractivity contribution in [3.05, 3.63) is 35.9 Å². The van der Waals surface area contributed by atoms with E-state index >= 15 is 0 Å². The Kier molecular flexibility index (Phi) is 4.55. The highest BCUT2D eigenvalue weighted by molar-refractivity contribution is 5.87. The third-order valence-electron chi connectivity index (χ3n) is 4.17. The van der Waals surface area contributed by atoms with E-state index in [1.165, 1.54) is 5.56 Å². The summed E-state index contributed by atoms with van der Waals surface area (Å²) >= 11 is 0. The zero-order chi connectivity index (χ0) is 16.2. The van der Waals surface area contributed by atoms with Crippen molar-refractivity contribution in [1.82, 2.24) is 10.2 Å². The van der Waals surface area contributed by atoms with E-state index in [0.717, 1.165) is 54.4 Å². The summed E-state index contributed by atoms with van der Waals surface area (Å²) in [5.74, 6) is 2.51. The van der Waals surface area contributed by atoms with Crippen LogP contribution in [0, 0.1) is 0 Å². The number of aliphatic imine (C=N–C) groups is 1. The minimum Gasteiger partial charge on any atom is -0.493 e. The highest BCUT2D eigenvalue weighted by atomic mass is 16.5. The maximum Gasteiger partial charge on any atom is 0.194 e. The molecule has 3 rings (SSSR count). The normalized spacial score (nSPS) is 14.0. The maximum atomic E-state index is 5.39. The molecule has 0 amide bonds. The summed E-state index contributed by atoms with van der Waals surface area (Å²) in [6.07, 6.45) is 0. The van der Waals surface area contributed by atoms with Crippen molar-refractivity contribution in [1.29, 1.82) is 0 Å². The Morgan fingerprint density at radius 3 is 2.52 bits per heavy atom. The molecule has 0 bridgehead atoms. The van der Waals surface area contributed by atoms with Gasteiger partial charge in [0.1, 0.15) is 0 Å². The van der Waals surface area contributed by atoms with Gasteiger partial charge in [-0.25, -0.2) is 0 Å². The number of likely N-dealkylation sites (N-methyl/N-ethyl adjacent to an activating group) is 1. The quantitative estimate of drug-likeness (QED) is 0.922. The highest BCUT2D eigenvalue weighted by Gasteiger charge is 2.14. The number of nitrogens with zero attached hydrogens (tertiary/aromatic N) is 2. The summed E-state index contributed by atoms with van der Waals surface area (Å²) in [6, 6.07) is 10.4. The molecule has 1 aliphatic rings. The number of guanidine groups is 1. The van der Waals surface area contributed by atoms with Gasteiger partial charge in [-0.1, -0.05) is 12.1 Å². The lowest BCUT2D eigenvalue weighted by molar-refractivity contribution is 0.356. The molecular weight excluding hydrogens is 290 g/mol. The number of benzene rings is 2. The van der Waals surface area contributed by atoms with Gasteiger partial charge in [0.2, 0.25) is 0 Å². The first-order valence-electron chi connectivity index (χ1n) is 7.93. The zero-order valence-electron chi connectivity index (χ0n) is 13.9. The summed E-state index contributed by atoms with van der Waals surface area (Å²) < 4.78 is 10.7. The monoisotopic (exact) mass is 313 g/mol. The summed E-state index contributed by atoms with van der Waals surface area (Å²) in [5, 5.41) is 5.71. The molecule has 0 atom stereocenters. The van der Waals surface area contributed by atoms with Crippen molar-refractivity contribution in [2.24, 2.45) is 4.99 Å². The molecule has 122 valence electrons. The van der Waals surface area contributed by atoms with Crippen LogP contribution < -0.4 is 14.8 Å². The van der Waals surface area contributed by atoms with Gasteiger partial charge in [0, 0.05) is 19.6 Å². The molecule has 2 aromatic carbocycles. The summed E-state index contributed by atoms with van der Waals surface area (Å²) in [5.41, 5.74) is 1.22. The SMILES string of the molecule is CCN1CCN=C1NCc1ccc2cc(OC)c(OC)cc2c1. The average Bonchev–Trinajstić information content (AvgIpc) is 3.06. The fraction of sp³-hybridized carbons (Fsp3) is 0.389. The number of methoxy groups -OCH3 is 2. The van der Waals surface area contributed by atoms with Crippen LogP contribution in [0.25, 0.3) is 10.8 Å². The van der Waals surface area contributed by atoms with Gasteiger partial charge in [0.25, 0.3) is 0 Å². The van der Waals surface area contributed by atoms with E-state index in [2.05, 4.69) is 40.3 Å². The standard InChI is InChI=1S/C18H23N3O2/c1-4-21-8-7-19-18(21)20-12-13-5-6-14-10-16(22-2)17(23-3)11-15(14)9-13/h5-6,9-11H,4,7-8,12H2,1-3H3,(H,19,20). The molecule has 0 fully saturated rings. The maximum absolute atomic E-state index is 5.39. The molecule has 1 aliphatic heterocycles. The lowest BCUT2D eigenvalue weighted by Gasteiger charge is -2.19. The van der Waals surface area contributed by atoms with E-state index in [0.29, 0.717) is 0 Å². The molecule has 5 heteroatoms. The average molecular weight is 313 g/mol. The Labute approximate surface area is 136 Å². The Morgan fingerprint density at radius 2 is 1.83 bits per heavy atom. The molecule has 0 saturated heterocycles. The smallest absolute Gasteiger partial charge is 0.194 e. The Morgan fingerprint density at radius 1 is 1.09 bits per heavy atom. The van der Waals surface area contributed by atoms with Crippen LogP contribution in [0.3, 0.4) is 0 Å². The molecule has 23 heavy (non-hydrogen) atoms. The van der Waals surface area contributed by atoms with Gasteiger partial charge in [0.05, 0.1) is 20.8 Å². The predicted octanol–water partition coefficient (Wildman–Crippen LogP) is 2.64. The third-order valence-corrected chi connectivity index (χ3v) is 4.17. The van der Waals surface area contributed by atoms with Crippen molar-refractivity contribution < 1.29 is 9.47 Å². The van der Waals surface area contributed by atoms with Crippen molar-refractivity contribution in [2.45, 2.75) is 13.5 Å². The second-order valence-electron chi connectivity index (χ2n) is 5.53. The van der Waals surface area contributed by atoms with Gasteiger partial charge in [-0.2, -0.15) is 0 Å². The number of hydrogen-bond acceptors (Lipinski definition) is 5. The van der Waals surface area contributed by atoms with Gasteiger partial charge < -0.3 is 19.7 Å². The fourth-order valence-electron chi connectivity index (χ4n) is 2.87. The first kappa shape index (κ1) is 15.5. The van der Waals surface area contributed by atoms with Gasteiger partial charge in [-0.3, -0.25) is 4.99 Å². The number of hydrogen-bond donors (Lipinski definition) is 1. The summed E-state index contributed by atoms with van der Waals surface area (Å²) in [7, 11) is 3.32. The Bertz CT molecular complexity index is 728. The van der Waals surface area contributed by atoms with Crippen molar-refractivity contribution in [2.75, 3.05) is 33.9 Å². The first-order chi connectivity index (χ1) is 11.2. The van der Waals surface area contributed by atoms with Crippen LogP contribution >= 0.6 is 0 Å². The second kappa shape index (κ2) is 6.77. The van der Waals surface area contributed by atoms with Crippen LogP contribution in [0.4, 0.5) is 0 Å². The first-order valence-corrected chi connectivity index (χ1v) is 7.93. The Balaban J connectivity index is 1.79. The van der Waals surface area contributed by atoms with Gasteiger partial charge in [-0.05, 0) is 41.5 Å². The largest absolute Gasteiger partial charge is 0.493 e. The van der Waals surface area contributed by atoms with Crippen LogP contribution in [0.1, 0.15) is 12.5 Å². The van der Waals surface area contributed by atoms with E-state index in [1.54, 1.807) is 14.2 Å². The lowest BCUT2D eigenvalue weighted by atomic mass is 10.1. The number of fused-ring (bicyclic) bond motifs is 1. The predicted molar refractivity (Wildman–Crippen MR) is 93.4 cm³/mol. The van der Waals surface area contributed by atoms with Crippen LogP contribution in [-0.2, 0) is 6.54 Å². The zero-order valence-corrected chi connectivity index (χ0v) is 13.9. The van der Waals surface area contributed by atoms with Crippen molar-refractivity contribution in [3.63, 3.8) is 0 Å². The van der Waals surface area contributed by atoms with Crippen molar-refractivity contribution in [3.8, 4) is 11.5 Å². The molecule has 0 aliphatic carbocycles. The second-order valence-corrected chi connectivity index (χ2v) is 5.53. The van der Waals surface area contributed by atoms with Gasteiger partial charge in [-0.15, -0.1) is 0 Å². The van der Waals surface area contributed by atoms with E-state index in [1.807, 2.05) is 12.1 Å². The molecule has 0 saturated carbocycles. The third kappa shape index (κ3) is 3.18. The van der Waals surface area contributed by atoms with Crippen LogP contribution in [0.15, 0.2) is 35.3 Å². The van der Waals surface area contributed by atoms with Crippen LogP contribution in [-0.4, -0.2) is 44.7 Å². The van der Waals surface area contributed by atoms with E-state index in [9.17, 15) is 0 Å². The highest BCUT2D eigenvalue weighted by Crippen LogP contribution is 2.32. The lowest BCUT2D eigenvalue weighted by Crippen LogP contribution is -2.37.